The Balaban J connectivity index is 1.99. The summed E-state index contributed by atoms with van der Waals surface area (Å²) >= 11 is 1.25. The fraction of sp³-hybridized carbons (Fsp3) is 0.208. The van der Waals surface area contributed by atoms with Crippen molar-refractivity contribution in [2.75, 3.05) is 18.5 Å². The molecule has 166 valence electrons. The number of alkyl carbamates (subject to hydrolysis) is 1. The Bertz CT molecular complexity index is 1070. The average Bonchev–Trinajstić information content (AvgIpc) is 3.23. The molecular weight excluding hydrogens is 428 g/mol. The van der Waals surface area contributed by atoms with Crippen LogP contribution in [0.25, 0.3) is 11.1 Å². The molecule has 1 amide bonds. The summed E-state index contributed by atoms with van der Waals surface area (Å²) < 4.78 is 10.2. The number of anilines is 1. The van der Waals surface area contributed by atoms with Crippen molar-refractivity contribution in [3.63, 3.8) is 0 Å². The number of thiophene rings is 1. The normalized spacial score (nSPS) is 11.3. The first-order valence-corrected chi connectivity index (χ1v) is 11.1. The molecule has 1 aromatic heterocycles. The van der Waals surface area contributed by atoms with Gasteiger partial charge in [-0.25, -0.2) is 9.59 Å². The van der Waals surface area contributed by atoms with E-state index in [1.165, 1.54) is 11.3 Å². The molecular formula is C24H24N2O5S. The third-order valence-corrected chi connectivity index (χ3v) is 5.40. The Morgan fingerprint density at radius 2 is 1.53 bits per heavy atom. The number of amides is 1. The summed E-state index contributed by atoms with van der Waals surface area (Å²) in [6.45, 7) is 3.76. The number of benzene rings is 2. The molecule has 0 radical (unpaired) electrons. The van der Waals surface area contributed by atoms with E-state index in [-0.39, 0.29) is 19.0 Å². The molecule has 0 aliphatic heterocycles. The van der Waals surface area contributed by atoms with Gasteiger partial charge in [0, 0.05) is 16.5 Å². The second-order valence-corrected chi connectivity index (χ2v) is 7.49. The highest BCUT2D eigenvalue weighted by molar-refractivity contribution is 7.15. The SMILES string of the molecule is CCOC(=O)N[C@H](Nc1scc(-c2ccccc2)c1C(=O)OCC)C(=O)c1ccccc1. The highest BCUT2D eigenvalue weighted by Crippen LogP contribution is 2.36. The number of ether oxygens (including phenoxy) is 2. The van der Waals surface area contributed by atoms with Crippen LogP contribution >= 0.6 is 11.3 Å². The van der Waals surface area contributed by atoms with Crippen LogP contribution in [0.15, 0.2) is 66.0 Å². The predicted octanol–water partition coefficient (Wildman–Crippen LogP) is 4.96. The number of esters is 1. The third-order valence-electron chi connectivity index (χ3n) is 4.49. The van der Waals surface area contributed by atoms with Crippen molar-refractivity contribution in [1.29, 1.82) is 0 Å². The number of carbonyl (C=O) groups is 3. The van der Waals surface area contributed by atoms with Crippen molar-refractivity contribution in [3.05, 3.63) is 77.2 Å². The van der Waals surface area contributed by atoms with Crippen molar-refractivity contribution in [1.82, 2.24) is 5.32 Å². The van der Waals surface area contributed by atoms with Gasteiger partial charge >= 0.3 is 12.1 Å². The van der Waals surface area contributed by atoms with E-state index in [2.05, 4.69) is 10.6 Å². The first-order valence-electron chi connectivity index (χ1n) is 10.2. The summed E-state index contributed by atoms with van der Waals surface area (Å²) in [5, 5.41) is 7.79. The number of carbonyl (C=O) groups excluding carboxylic acids is 3. The standard InChI is InChI=1S/C24H24N2O5S/c1-3-30-23(28)19-18(16-11-7-5-8-12-16)15-32-22(19)25-21(26-24(29)31-4-2)20(27)17-13-9-6-10-14-17/h5-15,21,25H,3-4H2,1-2H3,(H,26,29)/t21-/m0/s1. The Hall–Kier alpha value is -3.65. The van der Waals surface area contributed by atoms with Crippen molar-refractivity contribution in [2.45, 2.75) is 20.0 Å². The second-order valence-electron chi connectivity index (χ2n) is 6.61. The molecule has 0 unspecified atom stereocenters. The highest BCUT2D eigenvalue weighted by Gasteiger charge is 2.28. The number of Topliss-reactive ketones (excluding diaryl/α,β-unsaturated/α-hetero) is 1. The second kappa shape index (κ2) is 11.1. The number of hydrogen-bond acceptors (Lipinski definition) is 7. The van der Waals surface area contributed by atoms with Gasteiger partial charge in [0.1, 0.15) is 10.6 Å². The van der Waals surface area contributed by atoms with Crippen LogP contribution in [0.2, 0.25) is 0 Å². The summed E-state index contributed by atoms with van der Waals surface area (Å²) in [4.78, 5) is 38.1. The monoisotopic (exact) mass is 452 g/mol. The summed E-state index contributed by atoms with van der Waals surface area (Å²) in [5.74, 6) is -0.889. The lowest BCUT2D eigenvalue weighted by atomic mass is 10.0. The van der Waals surface area contributed by atoms with Crippen molar-refractivity contribution < 1.29 is 23.9 Å². The van der Waals surface area contributed by atoms with Crippen LogP contribution in [0.5, 0.6) is 0 Å². The minimum absolute atomic E-state index is 0.156. The summed E-state index contributed by atoms with van der Waals surface area (Å²) in [6.07, 6.45) is -1.89. The zero-order chi connectivity index (χ0) is 22.9. The van der Waals surface area contributed by atoms with Gasteiger partial charge in [-0.15, -0.1) is 11.3 Å². The molecule has 0 spiro atoms. The lowest BCUT2D eigenvalue weighted by Crippen LogP contribution is -2.46. The van der Waals surface area contributed by atoms with Crippen molar-refractivity contribution >= 4 is 34.2 Å². The quantitative estimate of drug-likeness (QED) is 0.271. The molecule has 0 saturated carbocycles. The average molecular weight is 453 g/mol. The molecule has 0 aliphatic carbocycles. The number of ketones is 1. The summed E-state index contributed by atoms with van der Waals surface area (Å²) in [6, 6.07) is 18.0. The van der Waals surface area contributed by atoms with Gasteiger partial charge in [0.15, 0.2) is 6.17 Å². The van der Waals surface area contributed by atoms with Gasteiger partial charge in [-0.1, -0.05) is 60.7 Å². The highest BCUT2D eigenvalue weighted by atomic mass is 32.1. The molecule has 32 heavy (non-hydrogen) atoms. The van der Waals surface area contributed by atoms with E-state index in [9.17, 15) is 14.4 Å². The largest absolute Gasteiger partial charge is 0.462 e. The van der Waals surface area contributed by atoms with Crippen LogP contribution in [0.4, 0.5) is 9.80 Å². The maximum atomic E-state index is 13.1. The molecule has 3 rings (SSSR count). The van der Waals surface area contributed by atoms with E-state index < -0.39 is 18.2 Å². The van der Waals surface area contributed by atoms with Crippen LogP contribution in [0.3, 0.4) is 0 Å². The zero-order valence-electron chi connectivity index (χ0n) is 17.8. The van der Waals surface area contributed by atoms with E-state index in [4.69, 9.17) is 9.47 Å². The first kappa shape index (κ1) is 23.0. The maximum Gasteiger partial charge on any atom is 0.409 e. The topological polar surface area (TPSA) is 93.7 Å². The number of hydrogen-bond donors (Lipinski definition) is 2. The van der Waals surface area contributed by atoms with E-state index in [1.807, 2.05) is 35.7 Å². The molecule has 1 heterocycles. The fourth-order valence-corrected chi connectivity index (χ4v) is 4.04. The molecule has 0 aliphatic rings. The zero-order valence-corrected chi connectivity index (χ0v) is 18.6. The van der Waals surface area contributed by atoms with Crippen LogP contribution in [-0.2, 0) is 9.47 Å². The lowest BCUT2D eigenvalue weighted by Gasteiger charge is -2.20. The Labute approximate surface area is 190 Å². The minimum Gasteiger partial charge on any atom is -0.462 e. The van der Waals surface area contributed by atoms with Gasteiger partial charge in [0.2, 0.25) is 5.78 Å². The Kier molecular flexibility index (Phi) is 7.99. The van der Waals surface area contributed by atoms with Crippen molar-refractivity contribution in [2.24, 2.45) is 0 Å². The molecule has 8 heteroatoms. The van der Waals surface area contributed by atoms with Crippen LogP contribution in [0, 0.1) is 0 Å². The molecule has 0 saturated heterocycles. The lowest BCUT2D eigenvalue weighted by molar-refractivity contribution is 0.0528. The van der Waals surface area contributed by atoms with Gasteiger partial charge in [-0.3, -0.25) is 10.1 Å². The van der Waals surface area contributed by atoms with Gasteiger partial charge in [0.05, 0.1) is 13.2 Å². The molecule has 2 N–H and O–H groups in total. The van der Waals surface area contributed by atoms with E-state index in [0.717, 1.165) is 5.56 Å². The summed E-state index contributed by atoms with van der Waals surface area (Å²) in [7, 11) is 0. The molecule has 1 atom stereocenters. The van der Waals surface area contributed by atoms with Crippen molar-refractivity contribution in [3.8, 4) is 11.1 Å². The van der Waals surface area contributed by atoms with Crippen LogP contribution in [0.1, 0.15) is 34.6 Å². The maximum absolute atomic E-state index is 13.1. The summed E-state index contributed by atoms with van der Waals surface area (Å²) in [5.41, 5.74) is 2.22. The molecule has 0 fully saturated rings. The first-order chi connectivity index (χ1) is 15.5. The van der Waals surface area contributed by atoms with Crippen LogP contribution < -0.4 is 10.6 Å². The van der Waals surface area contributed by atoms with Gasteiger partial charge in [-0.05, 0) is 19.4 Å². The van der Waals surface area contributed by atoms with E-state index in [1.54, 1.807) is 44.2 Å². The molecule has 7 nitrogen and oxygen atoms in total. The van der Waals surface area contributed by atoms with E-state index >= 15 is 0 Å². The molecule has 3 aromatic rings. The number of rotatable bonds is 9. The van der Waals surface area contributed by atoms with Gasteiger partial charge in [0.25, 0.3) is 0 Å². The smallest absolute Gasteiger partial charge is 0.409 e. The fourth-order valence-electron chi connectivity index (χ4n) is 3.06. The minimum atomic E-state index is -1.15. The molecule has 0 bridgehead atoms. The number of nitrogens with one attached hydrogen (secondary N) is 2. The molecule has 2 aromatic carbocycles. The van der Waals surface area contributed by atoms with E-state index in [0.29, 0.717) is 21.7 Å². The van der Waals surface area contributed by atoms with Gasteiger partial charge < -0.3 is 14.8 Å². The van der Waals surface area contributed by atoms with Crippen LogP contribution in [-0.4, -0.2) is 37.2 Å². The predicted molar refractivity (Wildman–Crippen MR) is 124 cm³/mol. The third kappa shape index (κ3) is 5.53. The Morgan fingerprint density at radius 1 is 0.906 bits per heavy atom. The van der Waals surface area contributed by atoms with Gasteiger partial charge in [-0.2, -0.15) is 0 Å². The Morgan fingerprint density at radius 3 is 2.16 bits per heavy atom.